The number of imidazole rings is 1. The van der Waals surface area contributed by atoms with E-state index >= 15 is 0 Å². The molecular formula is C17H11N5OS3. The Balaban J connectivity index is 1.44. The molecule has 0 amide bonds. The maximum Gasteiger partial charge on any atom is 0.275 e. The lowest BCUT2D eigenvalue weighted by Gasteiger charge is -1.98. The van der Waals surface area contributed by atoms with Crippen LogP contribution in [0.4, 0.5) is 0 Å². The zero-order valence-electron chi connectivity index (χ0n) is 13.2. The fourth-order valence-electron chi connectivity index (χ4n) is 2.57. The highest BCUT2D eigenvalue weighted by Crippen LogP contribution is 2.28. The van der Waals surface area contributed by atoms with Gasteiger partial charge in [-0.15, -0.1) is 11.3 Å². The van der Waals surface area contributed by atoms with Gasteiger partial charge in [0.2, 0.25) is 4.96 Å². The molecule has 5 aromatic rings. The number of benzene rings is 1. The van der Waals surface area contributed by atoms with E-state index < -0.39 is 0 Å². The number of rotatable bonds is 4. The van der Waals surface area contributed by atoms with E-state index in [0.29, 0.717) is 10.7 Å². The van der Waals surface area contributed by atoms with Gasteiger partial charge in [0, 0.05) is 11.8 Å². The van der Waals surface area contributed by atoms with E-state index in [1.54, 1.807) is 17.4 Å². The largest absolute Gasteiger partial charge is 0.333 e. The standard InChI is InChI=1S/C17H11N5OS3/c23-14-8-10(9-25-16-19-11-4-1-2-5-12(11)20-16)18-17-22(14)21-15(26-17)13-6-3-7-24-13/h1-8H,9H2,(H,19,20). The molecule has 0 radical (unpaired) electrons. The number of fused-ring (bicyclic) bond motifs is 2. The minimum Gasteiger partial charge on any atom is -0.333 e. The van der Waals surface area contributed by atoms with Gasteiger partial charge in [-0.1, -0.05) is 41.3 Å². The van der Waals surface area contributed by atoms with Gasteiger partial charge in [0.25, 0.3) is 5.56 Å². The quantitative estimate of drug-likeness (QED) is 0.463. The van der Waals surface area contributed by atoms with Gasteiger partial charge in [-0.2, -0.15) is 9.61 Å². The number of para-hydroxylation sites is 2. The molecule has 4 aromatic heterocycles. The summed E-state index contributed by atoms with van der Waals surface area (Å²) in [7, 11) is 0. The van der Waals surface area contributed by atoms with Gasteiger partial charge >= 0.3 is 0 Å². The molecule has 0 unspecified atom stereocenters. The first kappa shape index (κ1) is 15.7. The minimum absolute atomic E-state index is 0.158. The van der Waals surface area contributed by atoms with Crippen LogP contribution in [0.3, 0.4) is 0 Å². The molecule has 5 rings (SSSR count). The van der Waals surface area contributed by atoms with Crippen LogP contribution < -0.4 is 5.56 Å². The van der Waals surface area contributed by atoms with Crippen molar-refractivity contribution in [3.63, 3.8) is 0 Å². The zero-order valence-corrected chi connectivity index (χ0v) is 15.7. The van der Waals surface area contributed by atoms with Gasteiger partial charge in [-0.25, -0.2) is 9.97 Å². The lowest BCUT2D eigenvalue weighted by molar-refractivity contribution is 0.892. The number of hydrogen-bond donors (Lipinski definition) is 1. The Morgan fingerprint density at radius 2 is 2.08 bits per heavy atom. The predicted octanol–water partition coefficient (Wildman–Crippen LogP) is 4.05. The van der Waals surface area contributed by atoms with Gasteiger partial charge in [0.1, 0.15) is 0 Å². The second kappa shape index (κ2) is 6.35. The molecule has 0 atom stereocenters. The molecule has 1 N–H and O–H groups in total. The van der Waals surface area contributed by atoms with E-state index in [1.807, 2.05) is 41.8 Å². The number of thiophene rings is 1. The highest BCUT2D eigenvalue weighted by Gasteiger charge is 2.12. The number of hydrogen-bond acceptors (Lipinski definition) is 7. The fourth-order valence-corrected chi connectivity index (χ4v) is 5.06. The van der Waals surface area contributed by atoms with Gasteiger partial charge in [-0.3, -0.25) is 4.79 Å². The summed E-state index contributed by atoms with van der Waals surface area (Å²) in [5, 5.41) is 8.01. The van der Waals surface area contributed by atoms with Crippen molar-refractivity contribution in [1.82, 2.24) is 24.6 Å². The fraction of sp³-hybridized carbons (Fsp3) is 0.0588. The summed E-state index contributed by atoms with van der Waals surface area (Å²) in [5.41, 5.74) is 2.50. The molecule has 0 aliphatic rings. The van der Waals surface area contributed by atoms with Crippen LogP contribution in [0.1, 0.15) is 5.69 Å². The second-order valence-electron chi connectivity index (χ2n) is 5.51. The van der Waals surface area contributed by atoms with Crippen molar-refractivity contribution in [2.75, 3.05) is 0 Å². The summed E-state index contributed by atoms with van der Waals surface area (Å²) in [5.74, 6) is 0.567. The molecule has 1 aromatic carbocycles. The van der Waals surface area contributed by atoms with E-state index in [4.69, 9.17) is 0 Å². The Kier molecular flexibility index (Phi) is 3.84. The van der Waals surface area contributed by atoms with Gasteiger partial charge in [0.05, 0.1) is 21.6 Å². The molecule has 0 bridgehead atoms. The van der Waals surface area contributed by atoms with E-state index in [-0.39, 0.29) is 5.56 Å². The number of nitrogens with zero attached hydrogens (tertiary/aromatic N) is 4. The van der Waals surface area contributed by atoms with Gasteiger partial charge < -0.3 is 4.98 Å². The molecule has 0 spiro atoms. The maximum absolute atomic E-state index is 12.4. The summed E-state index contributed by atoms with van der Waals surface area (Å²) in [6, 6.07) is 13.4. The summed E-state index contributed by atoms with van der Waals surface area (Å²) in [4.78, 5) is 26.4. The lowest BCUT2D eigenvalue weighted by Crippen LogP contribution is -2.15. The normalized spacial score (nSPS) is 11.5. The van der Waals surface area contributed by atoms with Crippen molar-refractivity contribution in [3.8, 4) is 9.88 Å². The molecule has 6 nitrogen and oxygen atoms in total. The molecule has 128 valence electrons. The van der Waals surface area contributed by atoms with Crippen molar-refractivity contribution >= 4 is 50.4 Å². The number of aromatic nitrogens is 5. The van der Waals surface area contributed by atoms with Crippen molar-refractivity contribution in [2.24, 2.45) is 0 Å². The molecule has 4 heterocycles. The molecule has 0 aliphatic heterocycles. The average Bonchev–Trinajstić information content (AvgIpc) is 3.37. The van der Waals surface area contributed by atoms with Crippen LogP contribution in [0.5, 0.6) is 0 Å². The molecule has 26 heavy (non-hydrogen) atoms. The number of thioether (sulfide) groups is 1. The summed E-state index contributed by atoms with van der Waals surface area (Å²) in [6.07, 6.45) is 0. The summed E-state index contributed by atoms with van der Waals surface area (Å²) >= 11 is 4.56. The zero-order chi connectivity index (χ0) is 17.5. The van der Waals surface area contributed by atoms with Crippen LogP contribution in [0.15, 0.2) is 57.8 Å². The highest BCUT2D eigenvalue weighted by molar-refractivity contribution is 7.98. The predicted molar refractivity (Wildman–Crippen MR) is 106 cm³/mol. The maximum atomic E-state index is 12.4. The Labute approximate surface area is 159 Å². The van der Waals surface area contributed by atoms with Gasteiger partial charge in [-0.05, 0) is 23.6 Å². The van der Waals surface area contributed by atoms with Crippen LogP contribution in [-0.2, 0) is 5.75 Å². The molecule has 0 aliphatic carbocycles. The van der Waals surface area contributed by atoms with Gasteiger partial charge in [0.15, 0.2) is 10.2 Å². The Hall–Kier alpha value is -2.49. The summed E-state index contributed by atoms with van der Waals surface area (Å²) in [6.45, 7) is 0. The Bertz CT molecular complexity index is 1240. The first-order valence-electron chi connectivity index (χ1n) is 7.77. The third kappa shape index (κ3) is 2.83. The SMILES string of the molecule is O=c1cc(CSc2nc3ccccc3[nH]2)nc2sc(-c3cccs3)nn12. The molecule has 0 saturated carbocycles. The molecule has 0 saturated heterocycles. The third-order valence-electron chi connectivity index (χ3n) is 3.75. The molecule has 0 fully saturated rings. The second-order valence-corrected chi connectivity index (χ2v) is 8.38. The highest BCUT2D eigenvalue weighted by atomic mass is 32.2. The number of nitrogens with one attached hydrogen (secondary N) is 1. The van der Waals surface area contributed by atoms with Crippen LogP contribution in [0.2, 0.25) is 0 Å². The topological polar surface area (TPSA) is 75.9 Å². The Morgan fingerprint density at radius 1 is 1.15 bits per heavy atom. The van der Waals surface area contributed by atoms with E-state index in [1.165, 1.54) is 27.6 Å². The molecule has 9 heteroatoms. The van der Waals surface area contributed by atoms with E-state index in [9.17, 15) is 4.79 Å². The smallest absolute Gasteiger partial charge is 0.275 e. The summed E-state index contributed by atoms with van der Waals surface area (Å²) < 4.78 is 1.37. The monoisotopic (exact) mass is 397 g/mol. The third-order valence-corrected chi connectivity index (χ3v) is 6.61. The van der Waals surface area contributed by atoms with Crippen molar-refractivity contribution in [2.45, 2.75) is 10.9 Å². The first-order chi connectivity index (χ1) is 12.8. The van der Waals surface area contributed by atoms with Crippen molar-refractivity contribution in [3.05, 3.63) is 63.9 Å². The Morgan fingerprint density at radius 3 is 2.92 bits per heavy atom. The van der Waals surface area contributed by atoms with Crippen LogP contribution in [0.25, 0.3) is 25.9 Å². The lowest BCUT2D eigenvalue weighted by atomic mass is 10.3. The molecular weight excluding hydrogens is 386 g/mol. The van der Waals surface area contributed by atoms with Crippen molar-refractivity contribution in [1.29, 1.82) is 0 Å². The van der Waals surface area contributed by atoms with Crippen LogP contribution in [-0.4, -0.2) is 24.6 Å². The van der Waals surface area contributed by atoms with E-state index in [2.05, 4.69) is 20.1 Å². The minimum atomic E-state index is -0.158. The van der Waals surface area contributed by atoms with Crippen LogP contribution >= 0.6 is 34.4 Å². The first-order valence-corrected chi connectivity index (χ1v) is 10.5. The number of H-pyrrole nitrogens is 1. The van der Waals surface area contributed by atoms with E-state index in [0.717, 1.165) is 31.8 Å². The van der Waals surface area contributed by atoms with Crippen LogP contribution in [0, 0.1) is 0 Å². The van der Waals surface area contributed by atoms with Crippen molar-refractivity contribution < 1.29 is 0 Å². The average molecular weight is 398 g/mol. The number of aromatic amines is 1.